The van der Waals surface area contributed by atoms with Crippen LogP contribution in [0.5, 0.6) is 5.75 Å². The molecule has 0 bridgehead atoms. The number of amides is 1. The summed E-state index contributed by atoms with van der Waals surface area (Å²) in [4.78, 5) is 22.3. The number of ether oxygens (including phenoxy) is 1. The molecule has 0 fully saturated rings. The predicted molar refractivity (Wildman–Crippen MR) is 92.5 cm³/mol. The van der Waals surface area contributed by atoms with Crippen molar-refractivity contribution in [2.45, 2.75) is 19.4 Å². The van der Waals surface area contributed by atoms with Gasteiger partial charge in [-0.2, -0.15) is 5.10 Å². The molecule has 7 heteroatoms. The van der Waals surface area contributed by atoms with Gasteiger partial charge in [0, 0.05) is 25.5 Å². The largest absolute Gasteiger partial charge is 0.497 e. The summed E-state index contributed by atoms with van der Waals surface area (Å²) in [5.74, 6) is 0.588. The van der Waals surface area contributed by atoms with Gasteiger partial charge in [0.2, 0.25) is 5.91 Å². The van der Waals surface area contributed by atoms with Crippen LogP contribution < -0.4 is 4.74 Å². The Morgan fingerprint density at radius 1 is 1.20 bits per heavy atom. The third-order valence-electron chi connectivity index (χ3n) is 4.14. The van der Waals surface area contributed by atoms with Gasteiger partial charge in [0.05, 0.1) is 23.8 Å². The van der Waals surface area contributed by atoms with Crippen LogP contribution in [-0.2, 0) is 4.79 Å². The molecule has 25 heavy (non-hydrogen) atoms. The van der Waals surface area contributed by atoms with E-state index in [0.717, 1.165) is 22.6 Å². The van der Waals surface area contributed by atoms with Gasteiger partial charge < -0.3 is 4.74 Å². The molecule has 3 rings (SSSR count). The van der Waals surface area contributed by atoms with Gasteiger partial charge in [-0.15, -0.1) is 0 Å². The van der Waals surface area contributed by atoms with E-state index in [4.69, 9.17) is 4.74 Å². The molecular formula is C18H17N3O4. The van der Waals surface area contributed by atoms with Gasteiger partial charge in [0.1, 0.15) is 5.75 Å². The van der Waals surface area contributed by atoms with Crippen LogP contribution in [0.2, 0.25) is 0 Å². The summed E-state index contributed by atoms with van der Waals surface area (Å²) in [6.45, 7) is 1.47. The normalized spacial score (nSPS) is 16.5. The van der Waals surface area contributed by atoms with Crippen molar-refractivity contribution < 1.29 is 14.5 Å². The highest BCUT2D eigenvalue weighted by atomic mass is 16.6. The zero-order valence-electron chi connectivity index (χ0n) is 13.9. The molecule has 0 radical (unpaired) electrons. The first kappa shape index (κ1) is 16.6. The molecule has 0 aromatic heterocycles. The molecule has 1 atom stereocenters. The maximum Gasteiger partial charge on any atom is 0.269 e. The molecular weight excluding hydrogens is 322 g/mol. The number of benzene rings is 2. The minimum absolute atomic E-state index is 0.0254. The number of carbonyl (C=O) groups is 1. The van der Waals surface area contributed by atoms with E-state index < -0.39 is 4.92 Å². The molecule has 0 saturated heterocycles. The number of nitro groups is 1. The van der Waals surface area contributed by atoms with Crippen molar-refractivity contribution in [3.8, 4) is 5.75 Å². The average molecular weight is 339 g/mol. The maximum atomic E-state index is 12.0. The number of nitro benzene ring substituents is 1. The average Bonchev–Trinajstić information content (AvgIpc) is 3.07. The van der Waals surface area contributed by atoms with E-state index in [-0.39, 0.29) is 17.6 Å². The first-order valence-corrected chi connectivity index (χ1v) is 7.75. The topological polar surface area (TPSA) is 85.0 Å². The van der Waals surface area contributed by atoms with Gasteiger partial charge in [0.15, 0.2) is 0 Å². The van der Waals surface area contributed by atoms with Crippen LogP contribution in [0.3, 0.4) is 0 Å². The second-order valence-electron chi connectivity index (χ2n) is 5.71. The van der Waals surface area contributed by atoms with Crippen molar-refractivity contribution in [3.63, 3.8) is 0 Å². The third-order valence-corrected chi connectivity index (χ3v) is 4.14. The van der Waals surface area contributed by atoms with Crippen molar-refractivity contribution >= 4 is 17.3 Å². The molecule has 2 aromatic carbocycles. The van der Waals surface area contributed by atoms with Crippen molar-refractivity contribution in [1.82, 2.24) is 5.01 Å². The highest BCUT2D eigenvalue weighted by molar-refractivity contribution is 6.03. The van der Waals surface area contributed by atoms with E-state index in [1.54, 1.807) is 19.2 Å². The van der Waals surface area contributed by atoms with Crippen LogP contribution in [0.15, 0.2) is 53.6 Å². The van der Waals surface area contributed by atoms with E-state index in [9.17, 15) is 14.9 Å². The fraction of sp³-hybridized carbons (Fsp3) is 0.222. The second kappa shape index (κ2) is 6.72. The van der Waals surface area contributed by atoms with E-state index in [2.05, 4.69) is 5.10 Å². The lowest BCUT2D eigenvalue weighted by Crippen LogP contribution is -2.24. The molecule has 128 valence electrons. The number of carbonyl (C=O) groups excluding carboxylic acids is 1. The van der Waals surface area contributed by atoms with Crippen molar-refractivity contribution in [2.75, 3.05) is 7.11 Å². The number of hydrazone groups is 1. The van der Waals surface area contributed by atoms with Crippen LogP contribution in [0.4, 0.5) is 5.69 Å². The molecule has 0 aliphatic carbocycles. The number of nitrogens with zero attached hydrogens (tertiary/aromatic N) is 3. The van der Waals surface area contributed by atoms with Gasteiger partial charge >= 0.3 is 0 Å². The smallest absolute Gasteiger partial charge is 0.269 e. The summed E-state index contributed by atoms with van der Waals surface area (Å²) in [5, 5.41) is 16.7. The van der Waals surface area contributed by atoms with Crippen LogP contribution >= 0.6 is 0 Å². The monoisotopic (exact) mass is 339 g/mol. The lowest BCUT2D eigenvalue weighted by Gasteiger charge is -2.20. The Bertz CT molecular complexity index is 828. The molecule has 0 N–H and O–H groups in total. The first-order chi connectivity index (χ1) is 12.0. The van der Waals surface area contributed by atoms with Crippen molar-refractivity contribution in [3.05, 3.63) is 69.8 Å². The van der Waals surface area contributed by atoms with E-state index >= 15 is 0 Å². The summed E-state index contributed by atoms with van der Waals surface area (Å²) in [6.07, 6.45) is 0.545. The Kier molecular flexibility index (Phi) is 4.47. The first-order valence-electron chi connectivity index (χ1n) is 7.75. The van der Waals surface area contributed by atoms with Gasteiger partial charge in [-0.25, -0.2) is 5.01 Å². The van der Waals surface area contributed by atoms with Crippen LogP contribution in [-0.4, -0.2) is 28.7 Å². The summed E-state index contributed by atoms with van der Waals surface area (Å²) in [6, 6.07) is 13.5. The molecule has 0 saturated carbocycles. The van der Waals surface area contributed by atoms with Gasteiger partial charge in [-0.05, 0) is 35.4 Å². The minimum Gasteiger partial charge on any atom is -0.497 e. The molecule has 0 unspecified atom stereocenters. The van der Waals surface area contributed by atoms with E-state index in [1.165, 1.54) is 24.1 Å². The number of hydrogen-bond donors (Lipinski definition) is 0. The molecule has 7 nitrogen and oxygen atoms in total. The summed E-state index contributed by atoms with van der Waals surface area (Å²) in [5.41, 5.74) is 2.48. The van der Waals surface area contributed by atoms with Crippen LogP contribution in [0.25, 0.3) is 0 Å². The van der Waals surface area contributed by atoms with Gasteiger partial charge in [-0.1, -0.05) is 12.1 Å². The quantitative estimate of drug-likeness (QED) is 0.632. The highest BCUT2D eigenvalue weighted by Gasteiger charge is 2.31. The number of hydrogen-bond acceptors (Lipinski definition) is 5. The zero-order valence-corrected chi connectivity index (χ0v) is 13.9. The molecule has 1 aliphatic rings. The van der Waals surface area contributed by atoms with Crippen molar-refractivity contribution in [1.29, 1.82) is 0 Å². The van der Waals surface area contributed by atoms with Crippen LogP contribution in [0.1, 0.15) is 30.5 Å². The van der Waals surface area contributed by atoms with Gasteiger partial charge in [0.25, 0.3) is 5.69 Å². The number of methoxy groups -OCH3 is 1. The SMILES string of the molecule is COc1ccc([C@H]2CC(c3ccc([N+](=O)[O-])cc3)=NN2C(C)=O)cc1. The summed E-state index contributed by atoms with van der Waals surface area (Å²) in [7, 11) is 1.60. The Morgan fingerprint density at radius 2 is 1.84 bits per heavy atom. The maximum absolute atomic E-state index is 12.0. The molecule has 0 spiro atoms. The molecule has 1 heterocycles. The summed E-state index contributed by atoms with van der Waals surface area (Å²) < 4.78 is 5.16. The Labute approximate surface area is 144 Å². The number of rotatable bonds is 4. The molecule has 1 amide bonds. The standard InChI is InChI=1S/C18H17N3O4/c1-12(22)20-18(14-5-9-16(25-2)10-6-14)11-17(19-20)13-3-7-15(8-4-13)21(23)24/h3-10,18H,11H2,1-2H3/t18-/m1/s1. The predicted octanol–water partition coefficient (Wildman–Crippen LogP) is 3.30. The van der Waals surface area contributed by atoms with Crippen LogP contribution in [0, 0.1) is 10.1 Å². The minimum atomic E-state index is -0.442. The Balaban J connectivity index is 1.88. The lowest BCUT2D eigenvalue weighted by atomic mass is 9.98. The lowest BCUT2D eigenvalue weighted by molar-refractivity contribution is -0.384. The highest BCUT2D eigenvalue weighted by Crippen LogP contribution is 2.33. The second-order valence-corrected chi connectivity index (χ2v) is 5.71. The fourth-order valence-electron chi connectivity index (χ4n) is 2.84. The van der Waals surface area contributed by atoms with Crippen molar-refractivity contribution in [2.24, 2.45) is 5.10 Å². The molecule has 1 aliphatic heterocycles. The zero-order chi connectivity index (χ0) is 18.0. The number of non-ortho nitro benzene ring substituents is 1. The van der Waals surface area contributed by atoms with E-state index in [1.807, 2.05) is 24.3 Å². The Hall–Kier alpha value is -3.22. The molecule has 2 aromatic rings. The van der Waals surface area contributed by atoms with Gasteiger partial charge in [-0.3, -0.25) is 14.9 Å². The fourth-order valence-corrected chi connectivity index (χ4v) is 2.84. The summed E-state index contributed by atoms with van der Waals surface area (Å²) >= 11 is 0. The third kappa shape index (κ3) is 3.35. The Morgan fingerprint density at radius 3 is 2.36 bits per heavy atom. The van der Waals surface area contributed by atoms with E-state index in [0.29, 0.717) is 6.42 Å².